The van der Waals surface area contributed by atoms with Gasteiger partial charge in [-0.25, -0.2) is 0 Å². The highest BCUT2D eigenvalue weighted by Gasteiger charge is 2.23. The molecule has 5 heteroatoms. The number of nitrogens with one attached hydrogen (secondary N) is 1. The molecule has 28 heavy (non-hydrogen) atoms. The molecule has 5 nitrogen and oxygen atoms in total. The van der Waals surface area contributed by atoms with E-state index in [-0.39, 0.29) is 5.75 Å². The fourth-order valence-corrected chi connectivity index (χ4v) is 3.49. The van der Waals surface area contributed by atoms with Gasteiger partial charge in [-0.3, -0.25) is 4.98 Å². The van der Waals surface area contributed by atoms with Crippen LogP contribution in [0.5, 0.6) is 11.5 Å². The zero-order valence-corrected chi connectivity index (χ0v) is 17.3. The lowest BCUT2D eigenvalue weighted by Gasteiger charge is -2.16. The van der Waals surface area contributed by atoms with Gasteiger partial charge in [0, 0.05) is 17.5 Å². The van der Waals surface area contributed by atoms with Gasteiger partial charge in [0.05, 0.1) is 31.2 Å². The molecule has 1 aromatic carbocycles. The van der Waals surface area contributed by atoms with Crippen LogP contribution in [0.25, 0.3) is 0 Å². The quantitative estimate of drug-likeness (QED) is 0.603. The first-order valence-electron chi connectivity index (χ1n) is 10.2. The van der Waals surface area contributed by atoms with Crippen LogP contribution in [0.2, 0.25) is 0 Å². The largest absolute Gasteiger partial charge is 0.508 e. The van der Waals surface area contributed by atoms with E-state index in [4.69, 9.17) is 14.5 Å². The number of hydrogen-bond acceptors (Lipinski definition) is 5. The number of aromatic nitrogens is 1. The maximum atomic E-state index is 9.48. The lowest BCUT2D eigenvalue weighted by molar-refractivity contribution is 0.132. The Labute approximate surface area is 168 Å². The minimum absolute atomic E-state index is 0.282. The SMILES string of the molecule is Cc1nc(Cc2ccc(O)cc2)c2c(c1OCCCCNCC(C)C)COC2. The van der Waals surface area contributed by atoms with Gasteiger partial charge >= 0.3 is 0 Å². The maximum Gasteiger partial charge on any atom is 0.146 e. The van der Waals surface area contributed by atoms with Gasteiger partial charge in [0.15, 0.2) is 0 Å². The standard InChI is InChI=1S/C23H32N2O3/c1-16(2)13-24-10-4-5-11-28-23-17(3)25-22(20-14-27-15-21(20)23)12-18-6-8-19(26)9-7-18/h6-9,16,24,26H,4-5,10-15H2,1-3H3. The van der Waals surface area contributed by atoms with Gasteiger partial charge in [-0.2, -0.15) is 0 Å². The lowest BCUT2D eigenvalue weighted by Crippen LogP contribution is -2.21. The number of ether oxygens (including phenoxy) is 2. The number of hydrogen-bond donors (Lipinski definition) is 2. The highest BCUT2D eigenvalue weighted by atomic mass is 16.5. The van der Waals surface area contributed by atoms with Crippen molar-refractivity contribution >= 4 is 0 Å². The topological polar surface area (TPSA) is 63.6 Å². The Hall–Kier alpha value is -2.11. The van der Waals surface area contributed by atoms with Gasteiger partial charge in [0.25, 0.3) is 0 Å². The van der Waals surface area contributed by atoms with Crippen molar-refractivity contribution in [3.05, 3.63) is 52.3 Å². The number of phenolic OH excluding ortho intramolecular Hbond substituents is 1. The summed E-state index contributed by atoms with van der Waals surface area (Å²) in [6.07, 6.45) is 2.86. The van der Waals surface area contributed by atoms with Crippen LogP contribution in [0, 0.1) is 12.8 Å². The smallest absolute Gasteiger partial charge is 0.146 e. The van der Waals surface area contributed by atoms with E-state index in [0.717, 1.165) is 66.2 Å². The van der Waals surface area contributed by atoms with E-state index in [1.807, 2.05) is 19.1 Å². The van der Waals surface area contributed by atoms with Crippen molar-refractivity contribution in [2.24, 2.45) is 5.92 Å². The van der Waals surface area contributed by atoms with Crippen LogP contribution in [-0.4, -0.2) is 29.8 Å². The summed E-state index contributed by atoms with van der Waals surface area (Å²) in [5, 5.41) is 12.9. The Bertz CT molecular complexity index is 772. The zero-order valence-electron chi connectivity index (χ0n) is 17.3. The number of rotatable bonds is 10. The molecule has 2 N–H and O–H groups in total. The van der Waals surface area contributed by atoms with Gasteiger partial charge < -0.3 is 19.9 Å². The Kier molecular flexibility index (Phi) is 7.29. The van der Waals surface area contributed by atoms with Crippen LogP contribution >= 0.6 is 0 Å². The second-order valence-electron chi connectivity index (χ2n) is 7.92. The van der Waals surface area contributed by atoms with Gasteiger partial charge in [0.1, 0.15) is 11.5 Å². The molecule has 0 saturated heterocycles. The van der Waals surface area contributed by atoms with Crippen molar-refractivity contribution in [3.8, 4) is 11.5 Å². The molecule has 1 aliphatic heterocycles. The third-order valence-electron chi connectivity index (χ3n) is 4.97. The second-order valence-corrected chi connectivity index (χ2v) is 7.92. The summed E-state index contributed by atoms with van der Waals surface area (Å²) in [5.41, 5.74) is 5.41. The average molecular weight is 385 g/mol. The van der Waals surface area contributed by atoms with Gasteiger partial charge in [-0.1, -0.05) is 26.0 Å². The predicted octanol–water partition coefficient (Wildman–Crippen LogP) is 4.12. The third-order valence-corrected chi connectivity index (χ3v) is 4.97. The van der Waals surface area contributed by atoms with Crippen molar-refractivity contribution in [2.45, 2.75) is 53.2 Å². The fourth-order valence-electron chi connectivity index (χ4n) is 3.49. The molecule has 1 aliphatic rings. The summed E-state index contributed by atoms with van der Waals surface area (Å²) in [5.74, 6) is 1.87. The Balaban J connectivity index is 1.60. The normalized spacial score (nSPS) is 13.1. The monoisotopic (exact) mass is 384 g/mol. The molecule has 0 atom stereocenters. The molecule has 0 spiro atoms. The van der Waals surface area contributed by atoms with E-state index in [1.165, 1.54) is 0 Å². The summed E-state index contributed by atoms with van der Waals surface area (Å²) in [6.45, 7) is 10.4. The Morgan fingerprint density at radius 1 is 1.14 bits per heavy atom. The van der Waals surface area contributed by atoms with Crippen LogP contribution in [-0.2, 0) is 24.4 Å². The highest BCUT2D eigenvalue weighted by molar-refractivity contribution is 5.47. The number of fused-ring (bicyclic) bond motifs is 1. The molecule has 0 fully saturated rings. The molecule has 0 unspecified atom stereocenters. The molecule has 152 valence electrons. The summed E-state index contributed by atoms with van der Waals surface area (Å²) in [4.78, 5) is 4.83. The van der Waals surface area contributed by atoms with Crippen LogP contribution in [0.4, 0.5) is 0 Å². The fraction of sp³-hybridized carbons (Fsp3) is 0.522. The predicted molar refractivity (Wildman–Crippen MR) is 111 cm³/mol. The van der Waals surface area contributed by atoms with E-state index in [1.54, 1.807) is 12.1 Å². The number of aromatic hydroxyl groups is 1. The van der Waals surface area contributed by atoms with E-state index in [2.05, 4.69) is 19.2 Å². The molecule has 0 saturated carbocycles. The lowest BCUT2D eigenvalue weighted by atomic mass is 10.0. The summed E-state index contributed by atoms with van der Waals surface area (Å²) in [6, 6.07) is 7.30. The first-order valence-corrected chi connectivity index (χ1v) is 10.2. The van der Waals surface area contributed by atoms with Crippen LogP contribution < -0.4 is 10.1 Å². The number of benzene rings is 1. The zero-order chi connectivity index (χ0) is 19.9. The van der Waals surface area contributed by atoms with Crippen LogP contribution in [0.15, 0.2) is 24.3 Å². The number of pyridine rings is 1. The first kappa shape index (κ1) is 20.6. The minimum atomic E-state index is 0.282. The van der Waals surface area contributed by atoms with E-state index >= 15 is 0 Å². The van der Waals surface area contributed by atoms with Crippen molar-refractivity contribution < 1.29 is 14.6 Å². The van der Waals surface area contributed by atoms with Crippen molar-refractivity contribution in [3.63, 3.8) is 0 Å². The summed E-state index contributed by atoms with van der Waals surface area (Å²) >= 11 is 0. The average Bonchev–Trinajstić information content (AvgIpc) is 3.14. The molecular weight excluding hydrogens is 352 g/mol. The highest BCUT2D eigenvalue weighted by Crippen LogP contribution is 2.34. The third kappa shape index (κ3) is 5.46. The number of aryl methyl sites for hydroxylation is 1. The minimum Gasteiger partial charge on any atom is -0.508 e. The Morgan fingerprint density at radius 2 is 1.89 bits per heavy atom. The molecule has 2 aromatic rings. The van der Waals surface area contributed by atoms with Gasteiger partial charge in [-0.15, -0.1) is 0 Å². The van der Waals surface area contributed by atoms with Crippen LogP contribution in [0.3, 0.4) is 0 Å². The molecule has 0 aliphatic carbocycles. The van der Waals surface area contributed by atoms with Crippen molar-refractivity contribution in [1.29, 1.82) is 0 Å². The second kappa shape index (κ2) is 9.89. The molecule has 2 heterocycles. The number of unbranched alkanes of at least 4 members (excludes halogenated alkanes) is 1. The van der Waals surface area contributed by atoms with Crippen molar-refractivity contribution in [2.75, 3.05) is 19.7 Å². The molecule has 1 aromatic heterocycles. The van der Waals surface area contributed by atoms with E-state index < -0.39 is 0 Å². The molecular formula is C23H32N2O3. The molecule has 0 bridgehead atoms. The molecule has 0 amide bonds. The first-order chi connectivity index (χ1) is 13.5. The summed E-state index contributed by atoms with van der Waals surface area (Å²) in [7, 11) is 0. The number of phenols is 1. The van der Waals surface area contributed by atoms with Crippen LogP contribution in [0.1, 0.15) is 54.8 Å². The maximum absolute atomic E-state index is 9.48. The van der Waals surface area contributed by atoms with E-state index in [9.17, 15) is 5.11 Å². The van der Waals surface area contributed by atoms with Crippen molar-refractivity contribution in [1.82, 2.24) is 10.3 Å². The van der Waals surface area contributed by atoms with E-state index in [0.29, 0.717) is 25.7 Å². The molecule has 0 radical (unpaired) electrons. The Morgan fingerprint density at radius 3 is 2.64 bits per heavy atom. The van der Waals surface area contributed by atoms with Gasteiger partial charge in [0.2, 0.25) is 0 Å². The van der Waals surface area contributed by atoms with Gasteiger partial charge in [-0.05, 0) is 56.5 Å². The number of nitrogens with zero attached hydrogens (tertiary/aromatic N) is 1. The summed E-state index contributed by atoms with van der Waals surface area (Å²) < 4.78 is 11.8. The molecule has 3 rings (SSSR count).